The molecule has 4 aliphatic carbocycles. The zero-order chi connectivity index (χ0) is 31.5. The SMILES string of the molecule is CC(C)(O)CC[C@H]1OC(C)(C)O[C@]1(C)[C@H]1CC[C@@]2(O)C3=CC(=O)[C@@H]4C[C@H]5O[C@H](c6ccccc6)O[C@H]5C[C@]4(C)[C@H]3CC[C@]12C. The van der Waals surface area contributed by atoms with Crippen molar-refractivity contribution >= 4 is 5.78 Å². The van der Waals surface area contributed by atoms with Gasteiger partial charge in [-0.2, -0.15) is 0 Å². The van der Waals surface area contributed by atoms with Gasteiger partial charge in [-0.05, 0) is 115 Å². The molecule has 242 valence electrons. The smallest absolute Gasteiger partial charge is 0.184 e. The van der Waals surface area contributed by atoms with Gasteiger partial charge in [0.25, 0.3) is 0 Å². The summed E-state index contributed by atoms with van der Waals surface area (Å²) < 4.78 is 26.2. The molecule has 0 spiro atoms. The first-order valence-electron chi connectivity index (χ1n) is 16.9. The molecule has 1 aromatic rings. The van der Waals surface area contributed by atoms with E-state index in [0.717, 1.165) is 36.8 Å². The molecule has 1 aromatic carbocycles. The van der Waals surface area contributed by atoms with Gasteiger partial charge >= 0.3 is 0 Å². The minimum Gasteiger partial charge on any atom is -0.390 e. The average molecular weight is 609 g/mol. The van der Waals surface area contributed by atoms with Crippen LogP contribution in [-0.2, 0) is 23.7 Å². The predicted octanol–water partition coefficient (Wildman–Crippen LogP) is 6.41. The van der Waals surface area contributed by atoms with Crippen LogP contribution in [0.15, 0.2) is 42.0 Å². The van der Waals surface area contributed by atoms with E-state index in [0.29, 0.717) is 25.7 Å². The van der Waals surface area contributed by atoms with Crippen LogP contribution in [0.25, 0.3) is 0 Å². The molecular formula is C37H52O7. The van der Waals surface area contributed by atoms with E-state index in [1.807, 2.05) is 64.1 Å². The zero-order valence-electron chi connectivity index (χ0n) is 27.6. The summed E-state index contributed by atoms with van der Waals surface area (Å²) in [7, 11) is 0. The zero-order valence-corrected chi connectivity index (χ0v) is 27.6. The van der Waals surface area contributed by atoms with Gasteiger partial charge in [0.2, 0.25) is 0 Å². The topological polar surface area (TPSA) is 94.5 Å². The molecular weight excluding hydrogens is 556 g/mol. The number of ether oxygens (including phenoxy) is 4. The molecule has 0 bridgehead atoms. The predicted molar refractivity (Wildman–Crippen MR) is 165 cm³/mol. The maximum Gasteiger partial charge on any atom is 0.184 e. The molecule has 44 heavy (non-hydrogen) atoms. The van der Waals surface area contributed by atoms with Gasteiger partial charge in [0.1, 0.15) is 0 Å². The van der Waals surface area contributed by atoms with E-state index in [-0.39, 0.29) is 47.3 Å². The van der Waals surface area contributed by atoms with Crippen LogP contribution in [0.4, 0.5) is 0 Å². The molecule has 0 aromatic heterocycles. The highest BCUT2D eigenvalue weighted by molar-refractivity contribution is 5.95. The van der Waals surface area contributed by atoms with Crippen molar-refractivity contribution < 1.29 is 34.0 Å². The molecule has 5 fully saturated rings. The number of benzene rings is 1. The lowest BCUT2D eigenvalue weighted by Crippen LogP contribution is -2.62. The van der Waals surface area contributed by atoms with Crippen LogP contribution in [0.2, 0.25) is 0 Å². The van der Waals surface area contributed by atoms with Crippen molar-refractivity contribution in [3.05, 3.63) is 47.5 Å². The molecule has 0 amide bonds. The summed E-state index contributed by atoms with van der Waals surface area (Å²) in [4.78, 5) is 14.0. The highest BCUT2D eigenvalue weighted by Crippen LogP contribution is 2.70. The van der Waals surface area contributed by atoms with Gasteiger partial charge in [0.05, 0.1) is 35.1 Å². The van der Waals surface area contributed by atoms with Crippen molar-refractivity contribution in [3.63, 3.8) is 0 Å². The van der Waals surface area contributed by atoms with Crippen molar-refractivity contribution in [2.45, 2.75) is 147 Å². The lowest BCUT2D eigenvalue weighted by atomic mass is 9.45. The fraction of sp³-hybridized carbons (Fsp3) is 0.757. The van der Waals surface area contributed by atoms with E-state index in [1.54, 1.807) is 0 Å². The number of ketones is 1. The van der Waals surface area contributed by atoms with Gasteiger partial charge in [-0.1, -0.05) is 44.2 Å². The maximum atomic E-state index is 14.0. The van der Waals surface area contributed by atoms with Crippen LogP contribution in [0, 0.1) is 28.6 Å². The van der Waals surface area contributed by atoms with Gasteiger partial charge in [0, 0.05) is 16.9 Å². The highest BCUT2D eigenvalue weighted by atomic mass is 16.8. The Morgan fingerprint density at radius 2 is 1.66 bits per heavy atom. The summed E-state index contributed by atoms with van der Waals surface area (Å²) in [5, 5.41) is 23.4. The fourth-order valence-electron chi connectivity index (χ4n) is 10.9. The number of fused-ring (bicyclic) bond motifs is 6. The summed E-state index contributed by atoms with van der Waals surface area (Å²) in [5.41, 5.74) is -1.37. The Morgan fingerprint density at radius 3 is 2.36 bits per heavy atom. The minimum atomic E-state index is -1.10. The fourth-order valence-corrected chi connectivity index (χ4v) is 10.9. The average Bonchev–Trinajstić information content (AvgIpc) is 3.55. The molecule has 3 saturated carbocycles. The van der Waals surface area contributed by atoms with Gasteiger partial charge in [-0.15, -0.1) is 0 Å². The maximum absolute atomic E-state index is 14.0. The Hall–Kier alpha value is -1.61. The number of aliphatic hydroxyl groups is 2. The molecule has 2 saturated heterocycles. The molecule has 2 aliphatic heterocycles. The van der Waals surface area contributed by atoms with Gasteiger partial charge in [-0.25, -0.2) is 0 Å². The third-order valence-corrected chi connectivity index (χ3v) is 13.0. The molecule has 7 rings (SSSR count). The van der Waals surface area contributed by atoms with E-state index in [4.69, 9.17) is 18.9 Å². The molecule has 7 nitrogen and oxygen atoms in total. The number of rotatable bonds is 5. The second kappa shape index (κ2) is 9.95. The quantitative estimate of drug-likeness (QED) is 0.399. The number of allylic oxidation sites excluding steroid dienone is 1. The molecule has 2 N–H and O–H groups in total. The normalized spacial score (nSPS) is 47.9. The number of carbonyl (C=O) groups is 1. The van der Waals surface area contributed by atoms with E-state index in [9.17, 15) is 15.0 Å². The van der Waals surface area contributed by atoms with E-state index < -0.39 is 34.3 Å². The summed E-state index contributed by atoms with van der Waals surface area (Å²) in [6.07, 6.45) is 6.88. The second-order valence-electron chi connectivity index (χ2n) is 16.7. The first-order valence-corrected chi connectivity index (χ1v) is 16.9. The Balaban J connectivity index is 1.18. The molecule has 2 heterocycles. The van der Waals surface area contributed by atoms with Crippen LogP contribution >= 0.6 is 0 Å². The highest BCUT2D eigenvalue weighted by Gasteiger charge is 2.71. The van der Waals surface area contributed by atoms with E-state index in [1.165, 1.54) is 0 Å². The van der Waals surface area contributed by atoms with Crippen molar-refractivity contribution in [3.8, 4) is 0 Å². The summed E-state index contributed by atoms with van der Waals surface area (Å²) >= 11 is 0. The van der Waals surface area contributed by atoms with Crippen LogP contribution in [0.5, 0.6) is 0 Å². The van der Waals surface area contributed by atoms with Gasteiger partial charge in [0.15, 0.2) is 17.9 Å². The number of hydrogen-bond donors (Lipinski definition) is 2. The first-order chi connectivity index (χ1) is 20.5. The van der Waals surface area contributed by atoms with Crippen LogP contribution in [0.3, 0.4) is 0 Å². The van der Waals surface area contributed by atoms with Crippen molar-refractivity contribution in [1.29, 1.82) is 0 Å². The molecule has 0 unspecified atom stereocenters. The first kappa shape index (κ1) is 31.0. The van der Waals surface area contributed by atoms with E-state index in [2.05, 4.69) is 20.8 Å². The molecule has 6 aliphatic rings. The number of hydrogen-bond acceptors (Lipinski definition) is 7. The molecule has 7 heteroatoms. The monoisotopic (exact) mass is 608 g/mol. The standard InChI is InChI=1S/C37H52O7/c1-32(2,39)16-15-30-36(7,44-33(3,4)43-30)29-14-18-37(40)24-19-26(38)25-20-27-28(42-31(41-27)22-11-9-8-10-12-22)21-34(25,5)23(24)13-17-35(29,37)6/h8-12,19,23,25,27-31,39-40H,13-18,20-21H2,1-7H3/t23-,25-,27+,28-,29-,30+,31-,34+,35+,36+,37+/m0/s1. The molecule has 0 radical (unpaired) electrons. The second-order valence-corrected chi connectivity index (χ2v) is 16.7. The Bertz CT molecular complexity index is 1330. The lowest BCUT2D eigenvalue weighted by molar-refractivity contribution is -0.190. The van der Waals surface area contributed by atoms with Crippen molar-refractivity contribution in [1.82, 2.24) is 0 Å². The van der Waals surface area contributed by atoms with Crippen LogP contribution in [-0.4, -0.2) is 56.9 Å². The van der Waals surface area contributed by atoms with Crippen molar-refractivity contribution in [2.75, 3.05) is 0 Å². The van der Waals surface area contributed by atoms with Gasteiger partial charge < -0.3 is 29.2 Å². The Kier molecular flexibility index (Phi) is 7.01. The third kappa shape index (κ3) is 4.55. The van der Waals surface area contributed by atoms with E-state index >= 15 is 0 Å². The lowest BCUT2D eigenvalue weighted by Gasteiger charge is -2.60. The Morgan fingerprint density at radius 1 is 0.955 bits per heavy atom. The minimum absolute atomic E-state index is 0.0324. The summed E-state index contributed by atoms with van der Waals surface area (Å²) in [6, 6.07) is 10.1. The number of carbonyl (C=O) groups excluding carboxylic acids is 1. The molecule has 11 atom stereocenters. The van der Waals surface area contributed by atoms with Crippen LogP contribution < -0.4 is 0 Å². The summed E-state index contributed by atoms with van der Waals surface area (Å²) in [5.74, 6) is -0.630. The van der Waals surface area contributed by atoms with Gasteiger partial charge in [-0.3, -0.25) is 4.79 Å². The van der Waals surface area contributed by atoms with Crippen molar-refractivity contribution in [2.24, 2.45) is 28.6 Å². The summed E-state index contributed by atoms with van der Waals surface area (Å²) in [6.45, 7) is 14.2. The Labute approximate surface area is 262 Å². The van der Waals surface area contributed by atoms with Crippen LogP contribution in [0.1, 0.15) is 112 Å². The third-order valence-electron chi connectivity index (χ3n) is 13.0. The largest absolute Gasteiger partial charge is 0.390 e.